The lowest BCUT2D eigenvalue weighted by molar-refractivity contribution is 0.0946. The molecule has 6 nitrogen and oxygen atoms in total. The van der Waals surface area contributed by atoms with Crippen molar-refractivity contribution in [3.05, 3.63) is 64.0 Å². The molecule has 0 aliphatic carbocycles. The molecular weight excluding hydrogens is 365 g/mol. The van der Waals surface area contributed by atoms with Crippen LogP contribution in [-0.4, -0.2) is 23.2 Å². The number of carbonyl (C=O) groups is 1. The zero-order chi connectivity index (χ0) is 17.8. The third kappa shape index (κ3) is 4.10. The van der Waals surface area contributed by atoms with Crippen LogP contribution in [0.5, 0.6) is 5.75 Å². The molecule has 0 spiro atoms. The van der Waals surface area contributed by atoms with E-state index in [2.05, 4.69) is 15.5 Å². The van der Waals surface area contributed by atoms with E-state index in [9.17, 15) is 4.79 Å². The summed E-state index contributed by atoms with van der Waals surface area (Å²) in [6, 6.07) is 11.9. The SMILES string of the molecule is COc1cccc(-c2noc(CNC(=O)c3ccc(Cl)cc3Cl)n2)c1. The fraction of sp³-hybridized carbons (Fsp3) is 0.118. The molecule has 1 N–H and O–H groups in total. The average Bonchev–Trinajstić information content (AvgIpc) is 3.09. The van der Waals surface area contributed by atoms with Crippen LogP contribution in [0.25, 0.3) is 11.4 Å². The van der Waals surface area contributed by atoms with E-state index < -0.39 is 0 Å². The van der Waals surface area contributed by atoms with Gasteiger partial charge in [-0.15, -0.1) is 0 Å². The highest BCUT2D eigenvalue weighted by atomic mass is 35.5. The molecule has 0 aliphatic rings. The Labute approximate surface area is 153 Å². The van der Waals surface area contributed by atoms with Gasteiger partial charge in [0, 0.05) is 10.6 Å². The van der Waals surface area contributed by atoms with Crippen molar-refractivity contribution in [2.24, 2.45) is 0 Å². The molecule has 1 amide bonds. The predicted octanol–water partition coefficient (Wildman–Crippen LogP) is 3.98. The van der Waals surface area contributed by atoms with Crippen LogP contribution in [0.4, 0.5) is 0 Å². The summed E-state index contributed by atoms with van der Waals surface area (Å²) in [6.07, 6.45) is 0. The standard InChI is InChI=1S/C17H13Cl2N3O3/c1-24-12-4-2-3-10(7-12)16-21-15(25-22-16)9-20-17(23)13-6-5-11(18)8-14(13)19/h2-8H,9H2,1H3,(H,20,23). The molecule has 0 unspecified atom stereocenters. The number of hydrogen-bond acceptors (Lipinski definition) is 5. The van der Waals surface area contributed by atoms with Gasteiger partial charge in [-0.25, -0.2) is 0 Å². The molecule has 3 aromatic rings. The summed E-state index contributed by atoms with van der Waals surface area (Å²) in [6.45, 7) is 0.0781. The van der Waals surface area contributed by atoms with Gasteiger partial charge in [-0.1, -0.05) is 40.5 Å². The quantitative estimate of drug-likeness (QED) is 0.727. The number of amides is 1. The number of ether oxygens (including phenoxy) is 1. The van der Waals surface area contributed by atoms with Gasteiger partial charge >= 0.3 is 0 Å². The maximum absolute atomic E-state index is 12.2. The Morgan fingerprint density at radius 1 is 1.24 bits per heavy atom. The van der Waals surface area contributed by atoms with E-state index in [1.54, 1.807) is 25.3 Å². The van der Waals surface area contributed by atoms with Crippen LogP contribution in [0.15, 0.2) is 47.0 Å². The summed E-state index contributed by atoms with van der Waals surface area (Å²) in [4.78, 5) is 16.4. The van der Waals surface area contributed by atoms with Crippen molar-refractivity contribution in [3.63, 3.8) is 0 Å². The lowest BCUT2D eigenvalue weighted by Crippen LogP contribution is -2.23. The van der Waals surface area contributed by atoms with Crippen molar-refractivity contribution in [3.8, 4) is 17.1 Å². The molecule has 3 rings (SSSR count). The molecule has 0 atom stereocenters. The zero-order valence-electron chi connectivity index (χ0n) is 13.1. The number of hydrogen-bond donors (Lipinski definition) is 1. The second-order valence-electron chi connectivity index (χ2n) is 5.05. The lowest BCUT2D eigenvalue weighted by Gasteiger charge is -2.04. The molecule has 1 heterocycles. The Bertz CT molecular complexity index is 912. The topological polar surface area (TPSA) is 77.3 Å². The van der Waals surface area contributed by atoms with Crippen molar-refractivity contribution in [1.82, 2.24) is 15.5 Å². The average molecular weight is 378 g/mol. The smallest absolute Gasteiger partial charge is 0.253 e. The summed E-state index contributed by atoms with van der Waals surface area (Å²) in [7, 11) is 1.58. The first-order valence-corrected chi connectivity index (χ1v) is 8.02. The van der Waals surface area contributed by atoms with Gasteiger partial charge in [-0.3, -0.25) is 4.79 Å². The minimum Gasteiger partial charge on any atom is -0.497 e. The highest BCUT2D eigenvalue weighted by Gasteiger charge is 2.13. The molecule has 25 heavy (non-hydrogen) atoms. The third-order valence-corrected chi connectivity index (χ3v) is 3.92. The van der Waals surface area contributed by atoms with Gasteiger partial charge in [0.15, 0.2) is 0 Å². The van der Waals surface area contributed by atoms with Crippen LogP contribution in [0, 0.1) is 0 Å². The van der Waals surface area contributed by atoms with E-state index in [1.165, 1.54) is 6.07 Å². The van der Waals surface area contributed by atoms with Crippen LogP contribution >= 0.6 is 23.2 Å². The number of nitrogens with one attached hydrogen (secondary N) is 1. The molecule has 2 aromatic carbocycles. The van der Waals surface area contributed by atoms with Gasteiger partial charge in [0.25, 0.3) is 5.91 Å². The van der Waals surface area contributed by atoms with Crippen molar-refractivity contribution >= 4 is 29.1 Å². The van der Waals surface area contributed by atoms with Crippen LogP contribution in [0.1, 0.15) is 16.2 Å². The van der Waals surface area contributed by atoms with E-state index in [-0.39, 0.29) is 23.4 Å². The minimum absolute atomic E-state index is 0.0781. The van der Waals surface area contributed by atoms with Gasteiger partial charge in [0.2, 0.25) is 11.7 Å². The second kappa shape index (κ2) is 7.55. The maximum atomic E-state index is 12.2. The molecule has 1 aromatic heterocycles. The minimum atomic E-state index is -0.359. The number of carbonyl (C=O) groups excluding carboxylic acids is 1. The first-order chi connectivity index (χ1) is 12.1. The first kappa shape index (κ1) is 17.3. The summed E-state index contributed by atoms with van der Waals surface area (Å²) in [5.74, 6) is 1.02. The maximum Gasteiger partial charge on any atom is 0.253 e. The van der Waals surface area contributed by atoms with Crippen LogP contribution in [-0.2, 0) is 6.54 Å². The Morgan fingerprint density at radius 2 is 2.08 bits per heavy atom. The fourth-order valence-electron chi connectivity index (χ4n) is 2.13. The summed E-state index contributed by atoms with van der Waals surface area (Å²) >= 11 is 11.8. The Morgan fingerprint density at radius 3 is 2.84 bits per heavy atom. The summed E-state index contributed by atoms with van der Waals surface area (Å²) in [5, 5.41) is 7.31. The number of nitrogens with zero attached hydrogens (tertiary/aromatic N) is 2. The van der Waals surface area contributed by atoms with Gasteiger partial charge in [0.05, 0.1) is 24.2 Å². The van der Waals surface area contributed by atoms with Gasteiger partial charge < -0.3 is 14.6 Å². The molecule has 0 aliphatic heterocycles. The molecule has 0 fully saturated rings. The molecule has 0 saturated carbocycles. The van der Waals surface area contributed by atoms with Crippen LogP contribution in [0.3, 0.4) is 0 Å². The third-order valence-electron chi connectivity index (χ3n) is 3.37. The van der Waals surface area contributed by atoms with Gasteiger partial charge in [0.1, 0.15) is 5.75 Å². The molecule has 8 heteroatoms. The molecular formula is C17H13Cl2N3O3. The predicted molar refractivity (Wildman–Crippen MR) is 93.9 cm³/mol. The molecule has 128 valence electrons. The first-order valence-electron chi connectivity index (χ1n) is 7.27. The molecule has 0 saturated heterocycles. The fourth-order valence-corrected chi connectivity index (χ4v) is 2.63. The Hall–Kier alpha value is -2.57. The summed E-state index contributed by atoms with van der Waals surface area (Å²) < 4.78 is 10.3. The second-order valence-corrected chi connectivity index (χ2v) is 5.89. The van der Waals surface area contributed by atoms with E-state index >= 15 is 0 Å². The van der Waals surface area contributed by atoms with E-state index in [0.717, 1.165) is 5.56 Å². The van der Waals surface area contributed by atoms with Crippen molar-refractivity contribution < 1.29 is 14.1 Å². The molecule has 0 bridgehead atoms. The Balaban J connectivity index is 1.68. The van der Waals surface area contributed by atoms with Crippen molar-refractivity contribution in [1.29, 1.82) is 0 Å². The summed E-state index contributed by atoms with van der Waals surface area (Å²) in [5.41, 5.74) is 1.07. The van der Waals surface area contributed by atoms with E-state index in [0.29, 0.717) is 22.2 Å². The Kier molecular flexibility index (Phi) is 5.21. The van der Waals surface area contributed by atoms with Crippen LogP contribution in [0.2, 0.25) is 10.0 Å². The van der Waals surface area contributed by atoms with Crippen molar-refractivity contribution in [2.45, 2.75) is 6.54 Å². The number of halogens is 2. The van der Waals surface area contributed by atoms with Crippen molar-refractivity contribution in [2.75, 3.05) is 7.11 Å². The van der Waals surface area contributed by atoms with Gasteiger partial charge in [-0.2, -0.15) is 4.98 Å². The molecule has 0 radical (unpaired) electrons. The lowest BCUT2D eigenvalue weighted by atomic mass is 10.2. The zero-order valence-corrected chi connectivity index (χ0v) is 14.6. The number of methoxy groups -OCH3 is 1. The van der Waals surface area contributed by atoms with E-state index in [4.69, 9.17) is 32.5 Å². The largest absolute Gasteiger partial charge is 0.497 e. The number of rotatable bonds is 5. The number of aromatic nitrogens is 2. The van der Waals surface area contributed by atoms with Gasteiger partial charge in [-0.05, 0) is 30.3 Å². The monoisotopic (exact) mass is 377 g/mol. The van der Waals surface area contributed by atoms with Crippen LogP contribution < -0.4 is 10.1 Å². The normalized spacial score (nSPS) is 10.5. The van der Waals surface area contributed by atoms with E-state index in [1.807, 2.05) is 18.2 Å². The number of benzene rings is 2. The highest BCUT2D eigenvalue weighted by Crippen LogP contribution is 2.22. The highest BCUT2D eigenvalue weighted by molar-refractivity contribution is 6.36.